The number of ether oxygens (including phenoxy) is 1. The van der Waals surface area contributed by atoms with Crippen molar-refractivity contribution in [1.82, 2.24) is 20.1 Å². The smallest absolute Gasteiger partial charge is 0.123 e. The second-order valence-corrected chi connectivity index (χ2v) is 6.84. The van der Waals surface area contributed by atoms with Crippen LogP contribution in [0.4, 0.5) is 0 Å². The SMILES string of the molecule is c1ccc(CN2CCN(Cc3ccc4c(c3)CNCCO4)CC2)nc1. The van der Waals surface area contributed by atoms with Crippen molar-refractivity contribution < 1.29 is 4.74 Å². The number of benzene rings is 1. The highest BCUT2D eigenvalue weighted by Crippen LogP contribution is 2.22. The van der Waals surface area contributed by atoms with Crippen molar-refractivity contribution in [1.29, 1.82) is 0 Å². The van der Waals surface area contributed by atoms with Crippen molar-refractivity contribution in [2.45, 2.75) is 19.6 Å². The Balaban J connectivity index is 1.30. The van der Waals surface area contributed by atoms with Gasteiger partial charge in [-0.3, -0.25) is 14.8 Å². The first-order chi connectivity index (χ1) is 12.4. The van der Waals surface area contributed by atoms with Gasteiger partial charge in [0.05, 0.1) is 5.69 Å². The van der Waals surface area contributed by atoms with Crippen molar-refractivity contribution in [3.8, 4) is 5.75 Å². The van der Waals surface area contributed by atoms with Crippen LogP contribution in [-0.4, -0.2) is 54.1 Å². The first kappa shape index (κ1) is 16.5. The van der Waals surface area contributed by atoms with Gasteiger partial charge in [-0.1, -0.05) is 12.1 Å². The summed E-state index contributed by atoms with van der Waals surface area (Å²) in [5.41, 5.74) is 3.82. The molecule has 25 heavy (non-hydrogen) atoms. The largest absolute Gasteiger partial charge is 0.492 e. The van der Waals surface area contributed by atoms with E-state index in [0.29, 0.717) is 0 Å². The van der Waals surface area contributed by atoms with Gasteiger partial charge < -0.3 is 10.1 Å². The Morgan fingerprint density at radius 3 is 2.64 bits per heavy atom. The summed E-state index contributed by atoms with van der Waals surface area (Å²) in [6.07, 6.45) is 1.88. The van der Waals surface area contributed by atoms with Crippen LogP contribution in [0.25, 0.3) is 0 Å². The summed E-state index contributed by atoms with van der Waals surface area (Å²) in [5, 5.41) is 3.41. The van der Waals surface area contributed by atoms with E-state index in [1.807, 2.05) is 12.3 Å². The van der Waals surface area contributed by atoms with Gasteiger partial charge in [0, 0.05) is 64.1 Å². The number of rotatable bonds is 4. The van der Waals surface area contributed by atoms with Crippen LogP contribution < -0.4 is 10.1 Å². The van der Waals surface area contributed by atoms with Gasteiger partial charge in [0.2, 0.25) is 0 Å². The summed E-state index contributed by atoms with van der Waals surface area (Å²) in [4.78, 5) is 9.47. The summed E-state index contributed by atoms with van der Waals surface area (Å²) in [6.45, 7) is 8.98. The van der Waals surface area contributed by atoms with Crippen LogP contribution >= 0.6 is 0 Å². The first-order valence-corrected chi connectivity index (χ1v) is 9.17. The molecule has 5 heteroatoms. The van der Waals surface area contributed by atoms with E-state index in [9.17, 15) is 0 Å². The maximum atomic E-state index is 5.78. The van der Waals surface area contributed by atoms with E-state index in [1.54, 1.807) is 0 Å². The molecule has 1 N–H and O–H groups in total. The highest BCUT2D eigenvalue weighted by Gasteiger charge is 2.18. The summed E-state index contributed by atoms with van der Waals surface area (Å²) in [7, 11) is 0. The third kappa shape index (κ3) is 4.37. The zero-order chi connectivity index (χ0) is 16.9. The molecule has 4 rings (SSSR count). The second-order valence-electron chi connectivity index (χ2n) is 6.84. The molecule has 1 aromatic carbocycles. The van der Waals surface area contributed by atoms with Crippen molar-refractivity contribution in [2.24, 2.45) is 0 Å². The van der Waals surface area contributed by atoms with Gasteiger partial charge >= 0.3 is 0 Å². The van der Waals surface area contributed by atoms with E-state index in [-0.39, 0.29) is 0 Å². The Morgan fingerprint density at radius 2 is 1.84 bits per heavy atom. The van der Waals surface area contributed by atoms with E-state index >= 15 is 0 Å². The fourth-order valence-electron chi connectivity index (χ4n) is 3.55. The van der Waals surface area contributed by atoms with Crippen molar-refractivity contribution in [2.75, 3.05) is 39.3 Å². The Morgan fingerprint density at radius 1 is 1.00 bits per heavy atom. The number of hydrogen-bond acceptors (Lipinski definition) is 5. The quantitative estimate of drug-likeness (QED) is 0.922. The lowest BCUT2D eigenvalue weighted by Crippen LogP contribution is -2.45. The number of pyridine rings is 1. The number of piperazine rings is 1. The van der Waals surface area contributed by atoms with Crippen LogP contribution in [0.3, 0.4) is 0 Å². The molecular formula is C20H26N4O. The zero-order valence-electron chi connectivity index (χ0n) is 14.7. The Labute approximate surface area is 149 Å². The molecule has 2 aliphatic heterocycles. The fourth-order valence-corrected chi connectivity index (χ4v) is 3.55. The molecule has 2 aliphatic rings. The lowest BCUT2D eigenvalue weighted by atomic mass is 10.1. The van der Waals surface area contributed by atoms with Gasteiger partial charge in [-0.05, 0) is 29.8 Å². The van der Waals surface area contributed by atoms with E-state index in [4.69, 9.17) is 4.74 Å². The van der Waals surface area contributed by atoms with Crippen molar-refractivity contribution in [3.05, 3.63) is 59.4 Å². The zero-order valence-corrected chi connectivity index (χ0v) is 14.7. The van der Waals surface area contributed by atoms with Crippen LogP contribution in [0.2, 0.25) is 0 Å². The predicted octanol–water partition coefficient (Wildman–Crippen LogP) is 1.88. The standard InChI is InChI=1S/C20H26N4O/c1-2-6-22-19(3-1)16-24-10-8-23(9-11-24)15-17-4-5-20-18(13-17)14-21-7-12-25-20/h1-6,13,21H,7-12,14-16H2. The molecule has 0 saturated carbocycles. The van der Waals surface area contributed by atoms with Gasteiger partial charge in [-0.15, -0.1) is 0 Å². The maximum Gasteiger partial charge on any atom is 0.123 e. The number of nitrogens with one attached hydrogen (secondary N) is 1. The van der Waals surface area contributed by atoms with Gasteiger partial charge in [0.15, 0.2) is 0 Å². The topological polar surface area (TPSA) is 40.6 Å². The van der Waals surface area contributed by atoms with Crippen LogP contribution in [0.5, 0.6) is 5.75 Å². The highest BCUT2D eigenvalue weighted by atomic mass is 16.5. The molecule has 0 amide bonds. The molecule has 0 unspecified atom stereocenters. The van der Waals surface area contributed by atoms with E-state index in [0.717, 1.165) is 70.4 Å². The molecule has 5 nitrogen and oxygen atoms in total. The maximum absolute atomic E-state index is 5.78. The Kier molecular flexibility index (Phi) is 5.25. The Hall–Kier alpha value is -1.95. The number of hydrogen-bond donors (Lipinski definition) is 1. The Bertz CT molecular complexity index is 683. The average Bonchev–Trinajstić information content (AvgIpc) is 2.89. The predicted molar refractivity (Wildman–Crippen MR) is 98.4 cm³/mol. The number of aromatic nitrogens is 1. The van der Waals surface area contributed by atoms with Gasteiger partial charge in [-0.2, -0.15) is 0 Å². The van der Waals surface area contributed by atoms with Crippen LogP contribution in [0, 0.1) is 0 Å². The highest BCUT2D eigenvalue weighted by molar-refractivity contribution is 5.37. The molecule has 0 spiro atoms. The minimum Gasteiger partial charge on any atom is -0.492 e. The number of fused-ring (bicyclic) bond motifs is 1. The van der Waals surface area contributed by atoms with Gasteiger partial charge in [0.1, 0.15) is 12.4 Å². The monoisotopic (exact) mass is 338 g/mol. The third-order valence-corrected chi connectivity index (χ3v) is 4.96. The molecule has 3 heterocycles. The molecule has 0 atom stereocenters. The molecule has 2 aromatic rings. The normalized spacial score (nSPS) is 19.0. The molecule has 132 valence electrons. The van der Waals surface area contributed by atoms with Crippen LogP contribution in [-0.2, 0) is 19.6 Å². The molecule has 1 saturated heterocycles. The molecule has 0 aliphatic carbocycles. The summed E-state index contributed by atoms with van der Waals surface area (Å²) >= 11 is 0. The van der Waals surface area contributed by atoms with E-state index < -0.39 is 0 Å². The van der Waals surface area contributed by atoms with Crippen molar-refractivity contribution in [3.63, 3.8) is 0 Å². The van der Waals surface area contributed by atoms with E-state index in [2.05, 4.69) is 50.4 Å². The molecule has 1 fully saturated rings. The minimum absolute atomic E-state index is 0.755. The summed E-state index contributed by atoms with van der Waals surface area (Å²) in [5.74, 6) is 1.04. The third-order valence-electron chi connectivity index (χ3n) is 4.96. The lowest BCUT2D eigenvalue weighted by Gasteiger charge is -2.34. The van der Waals surface area contributed by atoms with Gasteiger partial charge in [0.25, 0.3) is 0 Å². The fraction of sp³-hybridized carbons (Fsp3) is 0.450. The lowest BCUT2D eigenvalue weighted by molar-refractivity contribution is 0.121. The average molecular weight is 338 g/mol. The molecule has 0 radical (unpaired) electrons. The second kappa shape index (κ2) is 7.95. The minimum atomic E-state index is 0.755. The van der Waals surface area contributed by atoms with Gasteiger partial charge in [-0.25, -0.2) is 0 Å². The van der Waals surface area contributed by atoms with Crippen molar-refractivity contribution >= 4 is 0 Å². The summed E-state index contributed by atoms with van der Waals surface area (Å²) < 4.78 is 5.78. The molecule has 0 bridgehead atoms. The molecular weight excluding hydrogens is 312 g/mol. The van der Waals surface area contributed by atoms with Crippen LogP contribution in [0.1, 0.15) is 16.8 Å². The first-order valence-electron chi connectivity index (χ1n) is 9.17. The molecule has 1 aromatic heterocycles. The number of nitrogens with zero attached hydrogens (tertiary/aromatic N) is 3. The van der Waals surface area contributed by atoms with Crippen LogP contribution in [0.15, 0.2) is 42.6 Å². The summed E-state index contributed by atoms with van der Waals surface area (Å²) in [6, 6.07) is 12.8. The van der Waals surface area contributed by atoms with E-state index in [1.165, 1.54) is 11.1 Å².